The van der Waals surface area contributed by atoms with Crippen molar-refractivity contribution in [1.29, 1.82) is 0 Å². The molecule has 0 radical (unpaired) electrons. The normalized spacial score (nSPS) is 19.6. The minimum atomic E-state index is 0.297. The highest BCUT2D eigenvalue weighted by Gasteiger charge is 2.44. The summed E-state index contributed by atoms with van der Waals surface area (Å²) in [6.45, 7) is 3.66. The second-order valence-electron chi connectivity index (χ2n) is 4.88. The van der Waals surface area contributed by atoms with E-state index < -0.39 is 0 Å². The summed E-state index contributed by atoms with van der Waals surface area (Å²) in [7, 11) is 2.05. The molecule has 0 aliphatic heterocycles. The van der Waals surface area contributed by atoms with Gasteiger partial charge in [-0.3, -0.25) is 0 Å². The van der Waals surface area contributed by atoms with Gasteiger partial charge in [-0.15, -0.1) is 0 Å². The van der Waals surface area contributed by atoms with Crippen LogP contribution in [0.15, 0.2) is 30.3 Å². The van der Waals surface area contributed by atoms with Crippen LogP contribution in [0.4, 0.5) is 0 Å². The van der Waals surface area contributed by atoms with E-state index >= 15 is 0 Å². The van der Waals surface area contributed by atoms with Crippen LogP contribution in [0.25, 0.3) is 0 Å². The molecule has 2 rings (SSSR count). The van der Waals surface area contributed by atoms with E-state index in [0.717, 1.165) is 13.2 Å². The van der Waals surface area contributed by atoms with Gasteiger partial charge in [0.05, 0.1) is 6.61 Å². The van der Waals surface area contributed by atoms with Crippen molar-refractivity contribution in [3.63, 3.8) is 0 Å². The predicted octanol–water partition coefficient (Wildman–Crippen LogP) is 2.73. The molecule has 1 N–H and O–H groups in total. The first-order valence-corrected chi connectivity index (χ1v) is 6.64. The van der Waals surface area contributed by atoms with Crippen molar-refractivity contribution in [2.45, 2.75) is 37.6 Å². The van der Waals surface area contributed by atoms with Crippen molar-refractivity contribution in [1.82, 2.24) is 5.32 Å². The van der Waals surface area contributed by atoms with Crippen LogP contribution in [0.3, 0.4) is 0 Å². The van der Waals surface area contributed by atoms with E-state index in [9.17, 15) is 0 Å². The predicted molar refractivity (Wildman–Crippen MR) is 71.3 cm³/mol. The van der Waals surface area contributed by atoms with Gasteiger partial charge in [-0.25, -0.2) is 0 Å². The van der Waals surface area contributed by atoms with Gasteiger partial charge >= 0.3 is 0 Å². The number of rotatable bonds is 6. The maximum atomic E-state index is 5.63. The van der Waals surface area contributed by atoms with Gasteiger partial charge < -0.3 is 10.1 Å². The zero-order valence-corrected chi connectivity index (χ0v) is 10.9. The first kappa shape index (κ1) is 12.6. The van der Waals surface area contributed by atoms with Gasteiger partial charge in [0, 0.05) is 18.1 Å². The van der Waals surface area contributed by atoms with Crippen LogP contribution in [0, 0.1) is 0 Å². The fourth-order valence-corrected chi connectivity index (χ4v) is 2.92. The van der Waals surface area contributed by atoms with Crippen molar-refractivity contribution >= 4 is 0 Å². The topological polar surface area (TPSA) is 21.3 Å². The van der Waals surface area contributed by atoms with E-state index in [2.05, 4.69) is 42.6 Å². The Labute approximate surface area is 104 Å². The highest BCUT2D eigenvalue weighted by Crippen LogP contribution is 2.46. The lowest BCUT2D eigenvalue weighted by Gasteiger charge is -2.48. The Bertz CT molecular complexity index is 332. The number of hydrogen-bond donors (Lipinski definition) is 1. The van der Waals surface area contributed by atoms with Crippen molar-refractivity contribution in [3.8, 4) is 0 Å². The van der Waals surface area contributed by atoms with Crippen LogP contribution >= 0.6 is 0 Å². The lowest BCUT2D eigenvalue weighted by Crippen LogP contribution is -2.54. The Morgan fingerprint density at radius 3 is 2.47 bits per heavy atom. The number of hydrogen-bond acceptors (Lipinski definition) is 2. The van der Waals surface area contributed by atoms with Gasteiger partial charge in [-0.05, 0) is 32.4 Å². The molecule has 1 saturated carbocycles. The lowest BCUT2D eigenvalue weighted by atomic mass is 9.60. The minimum absolute atomic E-state index is 0.297. The maximum Gasteiger partial charge on any atom is 0.0628 e. The summed E-state index contributed by atoms with van der Waals surface area (Å²) in [6.07, 6.45) is 3.88. The molecule has 1 aliphatic carbocycles. The van der Waals surface area contributed by atoms with Gasteiger partial charge in [0.2, 0.25) is 0 Å². The van der Waals surface area contributed by atoms with Crippen molar-refractivity contribution in [2.75, 3.05) is 20.3 Å². The second kappa shape index (κ2) is 5.65. The number of nitrogens with one attached hydrogen (secondary N) is 1. The van der Waals surface area contributed by atoms with Gasteiger partial charge in [-0.2, -0.15) is 0 Å². The van der Waals surface area contributed by atoms with Crippen molar-refractivity contribution in [2.24, 2.45) is 0 Å². The zero-order chi connectivity index (χ0) is 12.1. The Balaban J connectivity index is 2.18. The van der Waals surface area contributed by atoms with Gasteiger partial charge in [-0.1, -0.05) is 36.8 Å². The summed E-state index contributed by atoms with van der Waals surface area (Å²) in [6, 6.07) is 11.3. The first-order chi connectivity index (χ1) is 8.33. The van der Waals surface area contributed by atoms with E-state index in [-0.39, 0.29) is 0 Å². The standard InChI is InChI=1S/C15H23NO/c1-3-17-12-14(16-2)15(10-7-11-15)13-8-5-4-6-9-13/h4-6,8-9,14,16H,3,7,10-12H2,1-2H3. The number of ether oxygens (including phenoxy) is 1. The molecule has 17 heavy (non-hydrogen) atoms. The molecule has 94 valence electrons. The Kier molecular flexibility index (Phi) is 4.19. The summed E-state index contributed by atoms with van der Waals surface area (Å²) < 4.78 is 5.63. The molecular weight excluding hydrogens is 210 g/mol. The van der Waals surface area contributed by atoms with E-state index in [1.807, 2.05) is 7.05 Å². The average molecular weight is 233 g/mol. The van der Waals surface area contributed by atoms with Crippen LogP contribution in [0.1, 0.15) is 31.7 Å². The van der Waals surface area contributed by atoms with Crippen LogP contribution < -0.4 is 5.32 Å². The molecule has 0 aromatic heterocycles. The SMILES string of the molecule is CCOCC(NC)C1(c2ccccc2)CCC1. The average Bonchev–Trinajstić information content (AvgIpc) is 2.33. The van der Waals surface area contributed by atoms with Crippen molar-refractivity contribution < 1.29 is 4.74 Å². The quantitative estimate of drug-likeness (QED) is 0.815. The van der Waals surface area contributed by atoms with Crippen LogP contribution in [-0.4, -0.2) is 26.3 Å². The minimum Gasteiger partial charge on any atom is -0.380 e. The van der Waals surface area contributed by atoms with Gasteiger partial charge in [0.25, 0.3) is 0 Å². The highest BCUT2D eigenvalue weighted by atomic mass is 16.5. The smallest absolute Gasteiger partial charge is 0.0628 e. The largest absolute Gasteiger partial charge is 0.380 e. The molecule has 0 heterocycles. The molecule has 0 spiro atoms. The third kappa shape index (κ3) is 2.38. The molecule has 1 aromatic carbocycles. The molecule has 0 saturated heterocycles. The Morgan fingerprint density at radius 2 is 2.00 bits per heavy atom. The molecular formula is C15H23NO. The number of benzene rings is 1. The highest BCUT2D eigenvalue weighted by molar-refractivity contribution is 5.30. The zero-order valence-electron chi connectivity index (χ0n) is 10.9. The molecule has 1 fully saturated rings. The second-order valence-corrected chi connectivity index (χ2v) is 4.88. The van der Waals surface area contributed by atoms with E-state index in [4.69, 9.17) is 4.74 Å². The van der Waals surface area contributed by atoms with Crippen LogP contribution in [0.5, 0.6) is 0 Å². The number of likely N-dealkylation sites (N-methyl/N-ethyl adjacent to an activating group) is 1. The van der Waals surface area contributed by atoms with Gasteiger partial charge in [0.1, 0.15) is 0 Å². The van der Waals surface area contributed by atoms with E-state index in [0.29, 0.717) is 11.5 Å². The fourth-order valence-electron chi connectivity index (χ4n) is 2.92. The Hall–Kier alpha value is -0.860. The summed E-state index contributed by atoms with van der Waals surface area (Å²) in [5, 5.41) is 3.45. The molecule has 0 amide bonds. The monoisotopic (exact) mass is 233 g/mol. The van der Waals surface area contributed by atoms with Crippen molar-refractivity contribution in [3.05, 3.63) is 35.9 Å². The molecule has 1 atom stereocenters. The van der Waals surface area contributed by atoms with E-state index in [1.165, 1.54) is 24.8 Å². The maximum absolute atomic E-state index is 5.63. The third-order valence-electron chi connectivity index (χ3n) is 4.10. The molecule has 1 aliphatic rings. The third-order valence-corrected chi connectivity index (χ3v) is 4.10. The molecule has 2 heteroatoms. The van der Waals surface area contributed by atoms with Gasteiger partial charge in [0.15, 0.2) is 0 Å². The first-order valence-electron chi connectivity index (χ1n) is 6.64. The Morgan fingerprint density at radius 1 is 1.29 bits per heavy atom. The van der Waals surface area contributed by atoms with Crippen LogP contribution in [-0.2, 0) is 10.2 Å². The summed E-state index contributed by atoms with van der Waals surface area (Å²) >= 11 is 0. The molecule has 2 nitrogen and oxygen atoms in total. The summed E-state index contributed by atoms with van der Waals surface area (Å²) in [5.74, 6) is 0. The molecule has 1 unspecified atom stereocenters. The summed E-state index contributed by atoms with van der Waals surface area (Å²) in [4.78, 5) is 0. The molecule has 0 bridgehead atoms. The van der Waals surface area contributed by atoms with Crippen LogP contribution in [0.2, 0.25) is 0 Å². The van der Waals surface area contributed by atoms with E-state index in [1.54, 1.807) is 0 Å². The molecule has 1 aromatic rings. The lowest BCUT2D eigenvalue weighted by molar-refractivity contribution is 0.0654. The summed E-state index contributed by atoms with van der Waals surface area (Å²) in [5.41, 5.74) is 1.76. The fraction of sp³-hybridized carbons (Fsp3) is 0.600.